The minimum absolute atomic E-state index is 0.135. The van der Waals surface area contributed by atoms with Gasteiger partial charge in [-0.2, -0.15) is 0 Å². The summed E-state index contributed by atoms with van der Waals surface area (Å²) in [5.41, 5.74) is 1.44. The van der Waals surface area contributed by atoms with E-state index in [0.717, 1.165) is 25.2 Å². The molecule has 2 aliphatic carbocycles. The van der Waals surface area contributed by atoms with Crippen LogP contribution in [0.4, 0.5) is 0 Å². The summed E-state index contributed by atoms with van der Waals surface area (Å²) in [5, 5.41) is 10.3. The fraction of sp³-hybridized carbons (Fsp3) is 0.647. The van der Waals surface area contributed by atoms with Crippen LogP contribution >= 0.6 is 0 Å². The van der Waals surface area contributed by atoms with Gasteiger partial charge in [0.05, 0.1) is 6.10 Å². The summed E-state index contributed by atoms with van der Waals surface area (Å²) >= 11 is 0. The lowest BCUT2D eigenvalue weighted by Crippen LogP contribution is -2.45. The molecular weight excluding hydrogens is 234 g/mol. The van der Waals surface area contributed by atoms with Gasteiger partial charge >= 0.3 is 0 Å². The molecule has 0 bridgehead atoms. The molecule has 3 atom stereocenters. The van der Waals surface area contributed by atoms with Crippen molar-refractivity contribution in [2.75, 3.05) is 13.6 Å². The van der Waals surface area contributed by atoms with Gasteiger partial charge < -0.3 is 10.0 Å². The van der Waals surface area contributed by atoms with Crippen molar-refractivity contribution in [1.82, 2.24) is 4.90 Å². The van der Waals surface area contributed by atoms with Crippen molar-refractivity contribution in [3.63, 3.8) is 0 Å². The van der Waals surface area contributed by atoms with Crippen LogP contribution in [0.25, 0.3) is 0 Å². The predicted molar refractivity (Wildman–Crippen MR) is 78.2 cm³/mol. The van der Waals surface area contributed by atoms with Gasteiger partial charge in [0.15, 0.2) is 0 Å². The van der Waals surface area contributed by atoms with Crippen LogP contribution in [0.15, 0.2) is 30.3 Å². The van der Waals surface area contributed by atoms with Crippen LogP contribution in [-0.2, 0) is 0 Å². The highest BCUT2D eigenvalue weighted by Crippen LogP contribution is 2.37. The Morgan fingerprint density at radius 3 is 2.53 bits per heavy atom. The third-order valence-electron chi connectivity index (χ3n) is 4.86. The molecule has 0 aliphatic heterocycles. The first kappa shape index (κ1) is 13.1. The number of rotatable bonds is 4. The lowest BCUT2D eigenvalue weighted by Gasteiger charge is -2.39. The zero-order valence-corrected chi connectivity index (χ0v) is 11.8. The van der Waals surface area contributed by atoms with E-state index in [1.807, 2.05) is 0 Å². The molecule has 3 rings (SSSR count). The number of nitrogens with zero attached hydrogens (tertiary/aromatic N) is 1. The summed E-state index contributed by atoms with van der Waals surface area (Å²) in [7, 11) is 2.19. The van der Waals surface area contributed by atoms with Crippen LogP contribution in [0.2, 0.25) is 0 Å². The summed E-state index contributed by atoms with van der Waals surface area (Å²) < 4.78 is 0. The molecule has 19 heavy (non-hydrogen) atoms. The van der Waals surface area contributed by atoms with E-state index < -0.39 is 0 Å². The maximum Gasteiger partial charge on any atom is 0.0695 e. The fourth-order valence-corrected chi connectivity index (χ4v) is 3.48. The fourth-order valence-electron chi connectivity index (χ4n) is 3.48. The van der Waals surface area contributed by atoms with Gasteiger partial charge in [-0.05, 0) is 56.6 Å². The van der Waals surface area contributed by atoms with Crippen LogP contribution in [0.5, 0.6) is 0 Å². The van der Waals surface area contributed by atoms with E-state index in [0.29, 0.717) is 12.0 Å². The first-order chi connectivity index (χ1) is 9.24. The smallest absolute Gasteiger partial charge is 0.0695 e. The summed E-state index contributed by atoms with van der Waals surface area (Å²) in [4.78, 5) is 2.41. The minimum Gasteiger partial charge on any atom is -0.391 e. The molecule has 0 radical (unpaired) electrons. The third-order valence-corrected chi connectivity index (χ3v) is 4.86. The summed E-state index contributed by atoms with van der Waals surface area (Å²) in [5.74, 6) is 1.52. The second-order valence-electron chi connectivity index (χ2n) is 6.44. The average Bonchev–Trinajstić information content (AvgIpc) is 3.24. The second kappa shape index (κ2) is 5.64. The number of benzene rings is 1. The van der Waals surface area contributed by atoms with Crippen molar-refractivity contribution in [3.05, 3.63) is 35.9 Å². The molecule has 2 fully saturated rings. The van der Waals surface area contributed by atoms with Crippen molar-refractivity contribution in [2.45, 2.75) is 50.2 Å². The maximum absolute atomic E-state index is 10.3. The van der Waals surface area contributed by atoms with Crippen LogP contribution in [-0.4, -0.2) is 35.7 Å². The third kappa shape index (κ3) is 3.18. The molecule has 0 amide bonds. The Labute approximate surface area is 116 Å². The molecule has 2 saturated carbocycles. The lowest BCUT2D eigenvalue weighted by molar-refractivity contribution is 0.0237. The molecule has 0 aromatic heterocycles. The van der Waals surface area contributed by atoms with Gasteiger partial charge in [0.1, 0.15) is 0 Å². The van der Waals surface area contributed by atoms with Crippen molar-refractivity contribution in [1.29, 1.82) is 0 Å². The molecule has 1 N–H and O–H groups in total. The topological polar surface area (TPSA) is 23.5 Å². The highest BCUT2D eigenvalue weighted by atomic mass is 16.3. The largest absolute Gasteiger partial charge is 0.391 e. The molecule has 1 aromatic rings. The van der Waals surface area contributed by atoms with E-state index in [1.165, 1.54) is 24.9 Å². The van der Waals surface area contributed by atoms with E-state index in [-0.39, 0.29) is 6.10 Å². The monoisotopic (exact) mass is 259 g/mol. The quantitative estimate of drug-likeness (QED) is 0.898. The summed E-state index contributed by atoms with van der Waals surface area (Å²) in [6.45, 7) is 1.17. The predicted octanol–water partition coefficient (Wildman–Crippen LogP) is 3.03. The summed E-state index contributed by atoms with van der Waals surface area (Å²) in [6, 6.07) is 11.2. The van der Waals surface area contributed by atoms with Gasteiger partial charge in [-0.25, -0.2) is 0 Å². The zero-order valence-electron chi connectivity index (χ0n) is 11.8. The van der Waals surface area contributed by atoms with Gasteiger partial charge in [0.2, 0.25) is 0 Å². The molecule has 2 aliphatic rings. The van der Waals surface area contributed by atoms with Gasteiger partial charge in [-0.3, -0.25) is 0 Å². The average molecular weight is 259 g/mol. The molecule has 2 nitrogen and oxygen atoms in total. The molecule has 1 aromatic carbocycles. The molecule has 3 unspecified atom stereocenters. The normalized spacial score (nSPS) is 31.6. The van der Waals surface area contributed by atoms with Gasteiger partial charge in [-0.15, -0.1) is 0 Å². The Morgan fingerprint density at radius 1 is 1.11 bits per heavy atom. The molecule has 0 heterocycles. The second-order valence-corrected chi connectivity index (χ2v) is 6.44. The first-order valence-corrected chi connectivity index (χ1v) is 7.67. The molecular formula is C17H25NO. The standard InChI is InChI=1S/C17H25NO/c1-18(12-13-7-8-13)16-11-15(9-10-17(16)19)14-5-3-2-4-6-14/h2-6,13,15-17,19H,7-12H2,1H3. The van der Waals surface area contributed by atoms with E-state index in [4.69, 9.17) is 0 Å². The lowest BCUT2D eigenvalue weighted by atomic mass is 9.79. The highest BCUT2D eigenvalue weighted by molar-refractivity contribution is 5.20. The van der Waals surface area contributed by atoms with Crippen molar-refractivity contribution in [2.24, 2.45) is 5.92 Å². The van der Waals surface area contributed by atoms with Crippen LogP contribution in [0.1, 0.15) is 43.6 Å². The van der Waals surface area contributed by atoms with Crippen LogP contribution < -0.4 is 0 Å². The minimum atomic E-state index is -0.135. The van der Waals surface area contributed by atoms with Gasteiger partial charge in [0.25, 0.3) is 0 Å². The SMILES string of the molecule is CN(CC1CC1)C1CC(c2ccccc2)CCC1O. The van der Waals surface area contributed by atoms with Gasteiger partial charge in [-0.1, -0.05) is 30.3 Å². The Balaban J connectivity index is 1.66. The molecule has 0 saturated heterocycles. The van der Waals surface area contributed by atoms with Crippen molar-refractivity contribution >= 4 is 0 Å². The Morgan fingerprint density at radius 2 is 1.84 bits per heavy atom. The molecule has 0 spiro atoms. The van der Waals surface area contributed by atoms with E-state index in [9.17, 15) is 5.11 Å². The Kier molecular flexibility index (Phi) is 3.90. The van der Waals surface area contributed by atoms with Crippen molar-refractivity contribution in [3.8, 4) is 0 Å². The number of hydrogen-bond donors (Lipinski definition) is 1. The first-order valence-electron chi connectivity index (χ1n) is 7.67. The Bertz CT molecular complexity index is 401. The van der Waals surface area contributed by atoms with E-state index in [2.05, 4.69) is 42.3 Å². The number of likely N-dealkylation sites (N-methyl/N-ethyl adjacent to an activating group) is 1. The van der Waals surface area contributed by atoms with E-state index >= 15 is 0 Å². The molecule has 2 heteroatoms. The van der Waals surface area contributed by atoms with E-state index in [1.54, 1.807) is 0 Å². The van der Waals surface area contributed by atoms with Crippen LogP contribution in [0.3, 0.4) is 0 Å². The number of aliphatic hydroxyl groups is 1. The van der Waals surface area contributed by atoms with Gasteiger partial charge in [0, 0.05) is 12.6 Å². The molecule has 104 valence electrons. The summed E-state index contributed by atoms with van der Waals surface area (Å²) in [6.07, 6.45) is 5.81. The number of aliphatic hydroxyl groups excluding tert-OH is 1. The number of hydrogen-bond acceptors (Lipinski definition) is 2. The maximum atomic E-state index is 10.3. The highest BCUT2D eigenvalue weighted by Gasteiger charge is 2.34. The zero-order chi connectivity index (χ0) is 13.2. The Hall–Kier alpha value is -0.860. The van der Waals surface area contributed by atoms with Crippen molar-refractivity contribution < 1.29 is 5.11 Å². The van der Waals surface area contributed by atoms with Crippen LogP contribution in [0, 0.1) is 5.92 Å².